The van der Waals surface area contributed by atoms with E-state index < -0.39 is 23.4 Å². The molecule has 1 fully saturated rings. The molecule has 2 aliphatic heterocycles. The number of anilines is 2. The number of rotatable bonds is 6. The molecule has 11 heteroatoms. The van der Waals surface area contributed by atoms with E-state index in [1.165, 1.54) is 20.3 Å². The highest BCUT2D eigenvalue weighted by Gasteiger charge is 2.38. The Balaban J connectivity index is 1.66. The van der Waals surface area contributed by atoms with E-state index in [0.29, 0.717) is 42.0 Å². The van der Waals surface area contributed by atoms with E-state index in [4.69, 9.17) is 14.2 Å². The highest BCUT2D eigenvalue weighted by atomic mass is 19.1. The highest BCUT2D eigenvalue weighted by Crippen LogP contribution is 2.41. The fourth-order valence-electron chi connectivity index (χ4n) is 4.47. The molecule has 1 atom stereocenters. The van der Waals surface area contributed by atoms with Crippen LogP contribution in [0.25, 0.3) is 11.0 Å². The van der Waals surface area contributed by atoms with Crippen molar-refractivity contribution in [2.24, 2.45) is 5.92 Å². The van der Waals surface area contributed by atoms with Crippen molar-refractivity contribution in [3.8, 4) is 5.75 Å². The maximum Gasteiger partial charge on any atom is 0.329 e. The maximum atomic E-state index is 15.5. The van der Waals surface area contributed by atoms with Crippen molar-refractivity contribution in [2.45, 2.75) is 19.6 Å². The van der Waals surface area contributed by atoms with Gasteiger partial charge in [0, 0.05) is 43.5 Å². The van der Waals surface area contributed by atoms with Crippen LogP contribution in [-0.2, 0) is 22.6 Å². The number of urea groups is 1. The van der Waals surface area contributed by atoms with E-state index in [-0.39, 0.29) is 30.4 Å². The fraction of sp³-hybridized carbons (Fsp3) is 0.409. The number of H-pyrrole nitrogens is 1. The number of aromatic nitrogens is 3. The van der Waals surface area contributed by atoms with Gasteiger partial charge >= 0.3 is 6.03 Å². The number of carbonyl (C=O) groups is 1. The van der Waals surface area contributed by atoms with Gasteiger partial charge in [0.25, 0.3) is 0 Å². The molecule has 1 unspecified atom stereocenters. The number of fused-ring (bicyclic) bond motifs is 3. The topological polar surface area (TPSA) is 92.8 Å². The second-order valence-corrected chi connectivity index (χ2v) is 8.12. The van der Waals surface area contributed by atoms with Crippen LogP contribution < -0.4 is 14.5 Å². The van der Waals surface area contributed by atoms with E-state index in [1.807, 2.05) is 0 Å². The minimum absolute atomic E-state index is 0.0621. The molecule has 0 saturated carbocycles. The van der Waals surface area contributed by atoms with Gasteiger partial charge in [-0.25, -0.2) is 18.6 Å². The zero-order chi connectivity index (χ0) is 23.1. The highest BCUT2D eigenvalue weighted by molar-refractivity contribution is 6.11. The molecule has 33 heavy (non-hydrogen) atoms. The van der Waals surface area contributed by atoms with Crippen molar-refractivity contribution in [3.05, 3.63) is 41.2 Å². The summed E-state index contributed by atoms with van der Waals surface area (Å²) < 4.78 is 46.5. The summed E-state index contributed by atoms with van der Waals surface area (Å²) in [6.45, 7) is 1.30. The Morgan fingerprint density at radius 3 is 2.82 bits per heavy atom. The molecule has 2 amide bonds. The lowest BCUT2D eigenvalue weighted by molar-refractivity contribution is 0.181. The van der Waals surface area contributed by atoms with Crippen molar-refractivity contribution in [2.75, 3.05) is 43.8 Å². The summed E-state index contributed by atoms with van der Waals surface area (Å²) in [6.07, 6.45) is 3.99. The summed E-state index contributed by atoms with van der Waals surface area (Å²) in [5.41, 5.74) is 1.43. The number of methoxy groups -OCH3 is 2. The first-order valence-corrected chi connectivity index (χ1v) is 10.5. The zero-order valence-corrected chi connectivity index (χ0v) is 18.2. The van der Waals surface area contributed by atoms with E-state index in [9.17, 15) is 4.79 Å². The van der Waals surface area contributed by atoms with Crippen LogP contribution in [0.3, 0.4) is 0 Å². The molecule has 4 heterocycles. The maximum absolute atomic E-state index is 15.5. The molecule has 3 aromatic rings. The number of carbonyl (C=O) groups excluding carboxylic acids is 1. The fourth-order valence-corrected chi connectivity index (χ4v) is 4.47. The van der Waals surface area contributed by atoms with Crippen LogP contribution in [0.5, 0.6) is 5.75 Å². The Morgan fingerprint density at radius 2 is 2.09 bits per heavy atom. The Labute approximate surface area is 188 Å². The molecule has 0 spiro atoms. The number of halogens is 2. The Morgan fingerprint density at radius 1 is 1.24 bits per heavy atom. The SMILES string of the molecule is COCc1cc(OC)c(F)c(N2Cc3cnc4[nH]ncc4c3N(CC3CCOC3)C2=O)c1F. The van der Waals surface area contributed by atoms with Crippen molar-refractivity contribution >= 4 is 28.4 Å². The van der Waals surface area contributed by atoms with Gasteiger partial charge in [-0.05, 0) is 12.5 Å². The average molecular weight is 459 g/mol. The third-order valence-electron chi connectivity index (χ3n) is 6.06. The summed E-state index contributed by atoms with van der Waals surface area (Å²) in [5.74, 6) is -1.89. The predicted octanol–water partition coefficient (Wildman–Crippen LogP) is 3.37. The number of aromatic amines is 1. The van der Waals surface area contributed by atoms with Crippen LogP contribution in [0.15, 0.2) is 18.5 Å². The van der Waals surface area contributed by atoms with Crippen LogP contribution in [0.1, 0.15) is 17.5 Å². The van der Waals surface area contributed by atoms with Gasteiger partial charge in [-0.3, -0.25) is 14.9 Å². The summed E-state index contributed by atoms with van der Waals surface area (Å²) in [5, 5.41) is 7.53. The molecule has 0 bridgehead atoms. The summed E-state index contributed by atoms with van der Waals surface area (Å²) in [4.78, 5) is 20.8. The largest absolute Gasteiger partial charge is 0.494 e. The molecule has 2 aliphatic rings. The third kappa shape index (κ3) is 3.57. The van der Waals surface area contributed by atoms with Gasteiger partial charge in [-0.2, -0.15) is 5.10 Å². The van der Waals surface area contributed by atoms with Gasteiger partial charge in [-0.15, -0.1) is 0 Å². The smallest absolute Gasteiger partial charge is 0.329 e. The van der Waals surface area contributed by atoms with Crippen LogP contribution in [0.2, 0.25) is 0 Å². The molecule has 0 radical (unpaired) electrons. The number of nitrogens with one attached hydrogen (secondary N) is 1. The lowest BCUT2D eigenvalue weighted by Gasteiger charge is -2.38. The Hall–Kier alpha value is -3.31. The number of hydrogen-bond donors (Lipinski definition) is 1. The quantitative estimate of drug-likeness (QED) is 0.608. The summed E-state index contributed by atoms with van der Waals surface area (Å²) in [6, 6.07) is 0.696. The summed E-state index contributed by atoms with van der Waals surface area (Å²) >= 11 is 0. The van der Waals surface area contributed by atoms with Crippen molar-refractivity contribution < 1.29 is 27.8 Å². The number of amides is 2. The van der Waals surface area contributed by atoms with Crippen molar-refractivity contribution in [1.29, 1.82) is 0 Å². The normalized spacial score (nSPS) is 18.3. The van der Waals surface area contributed by atoms with Crippen LogP contribution in [0.4, 0.5) is 25.0 Å². The van der Waals surface area contributed by atoms with Gasteiger partial charge < -0.3 is 14.2 Å². The number of ether oxygens (including phenoxy) is 3. The van der Waals surface area contributed by atoms with Crippen LogP contribution in [0, 0.1) is 17.6 Å². The lowest BCUT2D eigenvalue weighted by atomic mass is 10.0. The van der Waals surface area contributed by atoms with E-state index >= 15 is 8.78 Å². The second kappa shape index (κ2) is 8.56. The van der Waals surface area contributed by atoms with Gasteiger partial charge in [-0.1, -0.05) is 0 Å². The van der Waals surface area contributed by atoms with E-state index in [0.717, 1.165) is 11.3 Å². The molecule has 0 aliphatic carbocycles. The van der Waals surface area contributed by atoms with Gasteiger partial charge in [0.2, 0.25) is 0 Å². The first-order valence-electron chi connectivity index (χ1n) is 10.5. The number of pyridine rings is 1. The standard InChI is InChI=1S/C22H23F2N5O4/c1-31-11-13-5-16(32-2)18(24)20(17(13)23)29-9-14-6-25-21-15(7-26-27-21)19(14)28(22(29)30)8-12-3-4-33-10-12/h5-7,12H,3-4,8-11H2,1-2H3,(H,25,26,27). The number of hydrogen-bond acceptors (Lipinski definition) is 6. The third-order valence-corrected chi connectivity index (χ3v) is 6.06. The Bertz CT molecular complexity index is 1210. The predicted molar refractivity (Wildman–Crippen MR) is 115 cm³/mol. The molecular formula is C22H23F2N5O4. The molecule has 174 valence electrons. The van der Waals surface area contributed by atoms with Gasteiger partial charge in [0.15, 0.2) is 23.0 Å². The molecule has 5 rings (SSSR count). The molecule has 1 saturated heterocycles. The second-order valence-electron chi connectivity index (χ2n) is 8.12. The molecule has 1 aromatic carbocycles. The number of nitrogens with zero attached hydrogens (tertiary/aromatic N) is 4. The van der Waals surface area contributed by atoms with Crippen molar-refractivity contribution in [1.82, 2.24) is 15.2 Å². The van der Waals surface area contributed by atoms with Crippen molar-refractivity contribution in [3.63, 3.8) is 0 Å². The minimum atomic E-state index is -0.951. The minimum Gasteiger partial charge on any atom is -0.494 e. The molecular weight excluding hydrogens is 436 g/mol. The average Bonchev–Trinajstić information content (AvgIpc) is 3.50. The zero-order valence-electron chi connectivity index (χ0n) is 18.2. The lowest BCUT2D eigenvalue weighted by Crippen LogP contribution is -2.50. The van der Waals surface area contributed by atoms with E-state index in [2.05, 4.69) is 15.2 Å². The monoisotopic (exact) mass is 459 g/mol. The van der Waals surface area contributed by atoms with Crippen LogP contribution >= 0.6 is 0 Å². The van der Waals surface area contributed by atoms with Crippen LogP contribution in [-0.4, -0.2) is 55.2 Å². The summed E-state index contributed by atoms with van der Waals surface area (Å²) in [7, 11) is 2.69. The molecule has 2 aromatic heterocycles. The Kier molecular flexibility index (Phi) is 5.59. The van der Waals surface area contributed by atoms with E-state index in [1.54, 1.807) is 17.3 Å². The molecule has 9 nitrogen and oxygen atoms in total. The first-order chi connectivity index (χ1) is 16.0. The molecule has 1 N–H and O–H groups in total. The van der Waals surface area contributed by atoms with Gasteiger partial charge in [0.05, 0.1) is 44.1 Å². The first kappa shape index (κ1) is 21.5. The number of benzene rings is 1. The van der Waals surface area contributed by atoms with Gasteiger partial charge in [0.1, 0.15) is 5.69 Å².